The molecule has 2 aromatic rings. The molecule has 0 atom stereocenters. The number of rotatable bonds is 3. The number of aliphatic hydroxyl groups excluding tert-OH is 1. The summed E-state index contributed by atoms with van der Waals surface area (Å²) in [5, 5.41) is 16.5. The van der Waals surface area contributed by atoms with Gasteiger partial charge in [-0.05, 0) is 18.6 Å². The molecule has 0 aliphatic rings. The van der Waals surface area contributed by atoms with Gasteiger partial charge in [-0.1, -0.05) is 6.92 Å². The first kappa shape index (κ1) is 9.86. The molecule has 0 radical (unpaired) electrons. The van der Waals surface area contributed by atoms with Gasteiger partial charge in [0.25, 0.3) is 0 Å². The van der Waals surface area contributed by atoms with Crippen LogP contribution in [0, 0.1) is 0 Å². The Morgan fingerprint density at radius 1 is 1.33 bits per heavy atom. The van der Waals surface area contributed by atoms with Gasteiger partial charge in [-0.2, -0.15) is 5.10 Å². The Morgan fingerprint density at radius 2 is 2.07 bits per heavy atom. The van der Waals surface area contributed by atoms with E-state index >= 15 is 0 Å². The van der Waals surface area contributed by atoms with Gasteiger partial charge in [0, 0.05) is 29.2 Å². The standard InChI is InChI=1S/C11H13N3O/c1-2-10-9(7-15)11(14-13-10)8-3-5-12-6-4-8/h3-6,15H,2,7H2,1H3,(H,13,14). The maximum absolute atomic E-state index is 9.30. The van der Waals surface area contributed by atoms with Gasteiger partial charge in [0.15, 0.2) is 0 Å². The molecule has 0 bridgehead atoms. The van der Waals surface area contributed by atoms with Gasteiger partial charge in [-0.25, -0.2) is 0 Å². The van der Waals surface area contributed by atoms with Crippen LogP contribution in [0.25, 0.3) is 11.3 Å². The summed E-state index contributed by atoms with van der Waals surface area (Å²) in [7, 11) is 0. The van der Waals surface area contributed by atoms with Crippen molar-refractivity contribution in [3.8, 4) is 11.3 Å². The summed E-state index contributed by atoms with van der Waals surface area (Å²) in [6.45, 7) is 2.04. The SMILES string of the molecule is CCc1[nH]nc(-c2ccncc2)c1CO. The average molecular weight is 203 g/mol. The summed E-state index contributed by atoms with van der Waals surface area (Å²) >= 11 is 0. The Kier molecular flexibility index (Phi) is 2.78. The highest BCUT2D eigenvalue weighted by Gasteiger charge is 2.12. The number of nitrogens with zero attached hydrogens (tertiary/aromatic N) is 2. The monoisotopic (exact) mass is 203 g/mol. The van der Waals surface area contributed by atoms with Crippen LogP contribution < -0.4 is 0 Å². The Bertz CT molecular complexity index is 436. The number of aromatic nitrogens is 3. The molecule has 2 rings (SSSR count). The first-order chi connectivity index (χ1) is 7.36. The van der Waals surface area contributed by atoms with Crippen molar-refractivity contribution in [2.45, 2.75) is 20.0 Å². The number of aryl methyl sites for hydroxylation is 1. The van der Waals surface area contributed by atoms with Gasteiger partial charge >= 0.3 is 0 Å². The predicted molar refractivity (Wildman–Crippen MR) is 57.1 cm³/mol. The quantitative estimate of drug-likeness (QED) is 0.795. The molecule has 78 valence electrons. The Hall–Kier alpha value is -1.68. The largest absolute Gasteiger partial charge is 0.392 e. The third kappa shape index (κ3) is 1.76. The van der Waals surface area contributed by atoms with E-state index < -0.39 is 0 Å². The van der Waals surface area contributed by atoms with E-state index in [-0.39, 0.29) is 6.61 Å². The highest BCUT2D eigenvalue weighted by molar-refractivity contribution is 5.63. The maximum atomic E-state index is 9.30. The zero-order valence-corrected chi connectivity index (χ0v) is 8.57. The number of hydrogen-bond donors (Lipinski definition) is 2. The van der Waals surface area contributed by atoms with Crippen molar-refractivity contribution in [1.82, 2.24) is 15.2 Å². The fraction of sp³-hybridized carbons (Fsp3) is 0.273. The van der Waals surface area contributed by atoms with Crippen LogP contribution in [0.3, 0.4) is 0 Å². The lowest BCUT2D eigenvalue weighted by Crippen LogP contribution is -1.91. The topological polar surface area (TPSA) is 61.8 Å². The van der Waals surface area contributed by atoms with Crippen molar-refractivity contribution in [2.24, 2.45) is 0 Å². The zero-order valence-electron chi connectivity index (χ0n) is 8.57. The molecule has 0 amide bonds. The molecule has 2 aromatic heterocycles. The van der Waals surface area contributed by atoms with E-state index in [4.69, 9.17) is 0 Å². The molecule has 0 aromatic carbocycles. The third-order valence-electron chi connectivity index (χ3n) is 2.42. The molecule has 0 spiro atoms. The van der Waals surface area contributed by atoms with Crippen LogP contribution in [0.15, 0.2) is 24.5 Å². The van der Waals surface area contributed by atoms with Crippen molar-refractivity contribution in [2.75, 3.05) is 0 Å². The van der Waals surface area contributed by atoms with Crippen LogP contribution >= 0.6 is 0 Å². The van der Waals surface area contributed by atoms with Gasteiger partial charge < -0.3 is 5.11 Å². The summed E-state index contributed by atoms with van der Waals surface area (Å²) < 4.78 is 0. The lowest BCUT2D eigenvalue weighted by molar-refractivity contribution is 0.281. The van der Waals surface area contributed by atoms with Gasteiger partial charge in [0.2, 0.25) is 0 Å². The summed E-state index contributed by atoms with van der Waals surface area (Å²) in [6, 6.07) is 3.77. The second kappa shape index (κ2) is 4.23. The van der Waals surface area contributed by atoms with Crippen LogP contribution in [-0.2, 0) is 13.0 Å². The minimum Gasteiger partial charge on any atom is -0.392 e. The Balaban J connectivity index is 2.49. The third-order valence-corrected chi connectivity index (χ3v) is 2.42. The van der Waals surface area contributed by atoms with Crippen molar-refractivity contribution < 1.29 is 5.11 Å². The number of nitrogens with one attached hydrogen (secondary N) is 1. The number of hydrogen-bond acceptors (Lipinski definition) is 3. The number of H-pyrrole nitrogens is 1. The van der Waals surface area contributed by atoms with Crippen molar-refractivity contribution in [3.63, 3.8) is 0 Å². The second-order valence-electron chi connectivity index (χ2n) is 3.28. The van der Waals surface area contributed by atoms with Crippen LogP contribution in [0.5, 0.6) is 0 Å². The molecule has 15 heavy (non-hydrogen) atoms. The minimum absolute atomic E-state index is 0.0112. The summed E-state index contributed by atoms with van der Waals surface area (Å²) in [4.78, 5) is 3.95. The van der Waals surface area contributed by atoms with E-state index in [0.717, 1.165) is 28.9 Å². The van der Waals surface area contributed by atoms with Crippen molar-refractivity contribution >= 4 is 0 Å². The van der Waals surface area contributed by atoms with Crippen LogP contribution in [0.2, 0.25) is 0 Å². The average Bonchev–Trinajstić information content (AvgIpc) is 2.72. The number of pyridine rings is 1. The van der Waals surface area contributed by atoms with Gasteiger partial charge in [-0.3, -0.25) is 10.1 Å². The van der Waals surface area contributed by atoms with E-state index in [1.165, 1.54) is 0 Å². The molecular formula is C11H13N3O. The fourth-order valence-corrected chi connectivity index (χ4v) is 1.61. The smallest absolute Gasteiger partial charge is 0.0979 e. The zero-order chi connectivity index (χ0) is 10.7. The predicted octanol–water partition coefficient (Wildman–Crippen LogP) is 1.53. The second-order valence-corrected chi connectivity index (χ2v) is 3.28. The van der Waals surface area contributed by atoms with Gasteiger partial charge in [0.1, 0.15) is 0 Å². The van der Waals surface area contributed by atoms with Gasteiger partial charge in [0.05, 0.1) is 12.3 Å². The summed E-state index contributed by atoms with van der Waals surface area (Å²) in [5.74, 6) is 0. The lowest BCUT2D eigenvalue weighted by Gasteiger charge is -2.00. The highest BCUT2D eigenvalue weighted by Crippen LogP contribution is 2.23. The van der Waals surface area contributed by atoms with E-state index in [0.29, 0.717) is 0 Å². The van der Waals surface area contributed by atoms with Crippen LogP contribution in [0.1, 0.15) is 18.2 Å². The van der Waals surface area contributed by atoms with E-state index in [1.54, 1.807) is 12.4 Å². The molecule has 0 saturated carbocycles. The molecule has 0 aliphatic carbocycles. The van der Waals surface area contributed by atoms with E-state index in [1.807, 2.05) is 19.1 Å². The van der Waals surface area contributed by atoms with Gasteiger partial charge in [-0.15, -0.1) is 0 Å². The molecule has 2 N–H and O–H groups in total. The summed E-state index contributed by atoms with van der Waals surface area (Å²) in [5.41, 5.74) is 3.66. The molecule has 4 heteroatoms. The Labute approximate surface area is 88.0 Å². The molecule has 2 heterocycles. The first-order valence-electron chi connectivity index (χ1n) is 4.94. The van der Waals surface area contributed by atoms with E-state index in [2.05, 4.69) is 15.2 Å². The molecule has 0 fully saturated rings. The molecule has 0 saturated heterocycles. The molecular weight excluding hydrogens is 190 g/mol. The normalized spacial score (nSPS) is 10.5. The van der Waals surface area contributed by atoms with Crippen molar-refractivity contribution in [3.05, 3.63) is 35.8 Å². The number of aromatic amines is 1. The lowest BCUT2D eigenvalue weighted by atomic mass is 10.1. The maximum Gasteiger partial charge on any atom is 0.0979 e. The highest BCUT2D eigenvalue weighted by atomic mass is 16.3. The molecule has 0 aliphatic heterocycles. The summed E-state index contributed by atoms with van der Waals surface area (Å²) in [6.07, 6.45) is 4.28. The first-order valence-corrected chi connectivity index (χ1v) is 4.94. The fourth-order valence-electron chi connectivity index (χ4n) is 1.61. The minimum atomic E-state index is 0.0112. The van der Waals surface area contributed by atoms with Crippen molar-refractivity contribution in [1.29, 1.82) is 0 Å². The molecule has 0 unspecified atom stereocenters. The van der Waals surface area contributed by atoms with E-state index in [9.17, 15) is 5.11 Å². The van der Waals surface area contributed by atoms with Crippen LogP contribution in [-0.4, -0.2) is 20.3 Å². The number of aliphatic hydroxyl groups is 1. The Morgan fingerprint density at radius 3 is 2.67 bits per heavy atom. The molecule has 4 nitrogen and oxygen atoms in total. The van der Waals surface area contributed by atoms with Crippen LogP contribution in [0.4, 0.5) is 0 Å².